The first kappa shape index (κ1) is 17.0. The van der Waals surface area contributed by atoms with Crippen LogP contribution in [0.15, 0.2) is 35.7 Å². The topological polar surface area (TPSA) is 64.6 Å². The van der Waals surface area contributed by atoms with Crippen molar-refractivity contribution in [2.45, 2.75) is 33.1 Å². The summed E-state index contributed by atoms with van der Waals surface area (Å²) in [6.45, 7) is 5.64. The lowest BCUT2D eigenvalue weighted by atomic mass is 9.87. The summed E-state index contributed by atoms with van der Waals surface area (Å²) in [5, 5.41) is 2.76. The van der Waals surface area contributed by atoms with Gasteiger partial charge in [0, 0.05) is 6.42 Å². The van der Waals surface area contributed by atoms with Crippen molar-refractivity contribution in [3.63, 3.8) is 0 Å². The molecule has 0 fully saturated rings. The van der Waals surface area contributed by atoms with Crippen molar-refractivity contribution in [2.24, 2.45) is 5.92 Å². The van der Waals surface area contributed by atoms with Crippen LogP contribution in [0.4, 0.5) is 9.18 Å². The van der Waals surface area contributed by atoms with Crippen LogP contribution in [-0.2, 0) is 14.3 Å². The molecule has 6 heteroatoms. The predicted octanol–water partition coefficient (Wildman–Crippen LogP) is 3.47. The molecule has 23 heavy (non-hydrogen) atoms. The van der Waals surface area contributed by atoms with Gasteiger partial charge in [0.15, 0.2) is 0 Å². The van der Waals surface area contributed by atoms with Crippen LogP contribution in [0.1, 0.15) is 38.7 Å². The Morgan fingerprint density at radius 2 is 2.00 bits per heavy atom. The van der Waals surface area contributed by atoms with Gasteiger partial charge in [-0.3, -0.25) is 4.79 Å². The van der Waals surface area contributed by atoms with Gasteiger partial charge in [0.25, 0.3) is 0 Å². The van der Waals surface area contributed by atoms with Crippen molar-refractivity contribution in [1.29, 1.82) is 0 Å². The van der Waals surface area contributed by atoms with Crippen molar-refractivity contribution >= 4 is 12.1 Å². The van der Waals surface area contributed by atoms with Gasteiger partial charge in [-0.2, -0.15) is 0 Å². The Morgan fingerprint density at radius 1 is 1.35 bits per heavy atom. The number of nitrogens with one attached hydrogen (secondary N) is 1. The summed E-state index contributed by atoms with van der Waals surface area (Å²) < 4.78 is 23.3. The van der Waals surface area contributed by atoms with E-state index in [9.17, 15) is 14.0 Å². The summed E-state index contributed by atoms with van der Waals surface area (Å²) in [6, 6.07) is 5.81. The van der Waals surface area contributed by atoms with Crippen molar-refractivity contribution in [3.8, 4) is 0 Å². The average molecular weight is 321 g/mol. The third kappa shape index (κ3) is 4.09. The molecular formula is C17H20FNO4. The smallest absolute Gasteiger partial charge is 0.434 e. The third-order valence-corrected chi connectivity index (χ3v) is 3.55. The molecule has 1 aliphatic rings. The predicted molar refractivity (Wildman–Crippen MR) is 81.9 cm³/mol. The first-order chi connectivity index (χ1) is 10.9. The van der Waals surface area contributed by atoms with E-state index in [0.29, 0.717) is 17.0 Å². The molecule has 0 aliphatic carbocycles. The highest BCUT2D eigenvalue weighted by atomic mass is 19.1. The second kappa shape index (κ2) is 7.26. The average Bonchev–Trinajstić information content (AvgIpc) is 2.49. The van der Waals surface area contributed by atoms with E-state index in [1.807, 2.05) is 13.8 Å². The highest BCUT2D eigenvalue weighted by Gasteiger charge is 2.33. The van der Waals surface area contributed by atoms with Gasteiger partial charge >= 0.3 is 6.16 Å². The number of rotatable bonds is 4. The van der Waals surface area contributed by atoms with Crippen LogP contribution in [-0.4, -0.2) is 18.7 Å². The lowest BCUT2D eigenvalue weighted by Crippen LogP contribution is -2.35. The quantitative estimate of drug-likeness (QED) is 0.863. The Bertz CT molecular complexity index is 622. The minimum absolute atomic E-state index is 0.0494. The van der Waals surface area contributed by atoms with E-state index in [1.54, 1.807) is 19.1 Å². The largest absolute Gasteiger partial charge is 0.513 e. The number of carbonyl (C=O) groups excluding carboxylic acids is 2. The summed E-state index contributed by atoms with van der Waals surface area (Å²) >= 11 is 0. The van der Waals surface area contributed by atoms with E-state index in [-0.39, 0.29) is 30.7 Å². The van der Waals surface area contributed by atoms with E-state index in [1.165, 1.54) is 12.1 Å². The van der Waals surface area contributed by atoms with Crippen molar-refractivity contribution < 1.29 is 23.5 Å². The second-order valence-electron chi connectivity index (χ2n) is 5.57. The molecule has 1 N–H and O–H groups in total. The number of carbonyl (C=O) groups is 2. The normalized spacial score (nSPS) is 18.0. The van der Waals surface area contributed by atoms with Crippen LogP contribution in [0.3, 0.4) is 0 Å². The highest BCUT2D eigenvalue weighted by molar-refractivity contribution is 5.81. The van der Waals surface area contributed by atoms with Gasteiger partial charge < -0.3 is 14.8 Å². The van der Waals surface area contributed by atoms with E-state index < -0.39 is 12.1 Å². The van der Waals surface area contributed by atoms with Crippen LogP contribution in [0.5, 0.6) is 0 Å². The monoisotopic (exact) mass is 321 g/mol. The molecule has 1 aromatic carbocycles. The Balaban J connectivity index is 2.43. The number of halogens is 1. The molecule has 1 unspecified atom stereocenters. The minimum Gasteiger partial charge on any atom is -0.434 e. The second-order valence-corrected chi connectivity index (χ2v) is 5.57. The van der Waals surface area contributed by atoms with Gasteiger partial charge in [-0.15, -0.1) is 0 Å². The summed E-state index contributed by atoms with van der Waals surface area (Å²) in [5.74, 6) is -0.684. The highest BCUT2D eigenvalue weighted by Crippen LogP contribution is 2.35. The van der Waals surface area contributed by atoms with Crippen LogP contribution in [0.2, 0.25) is 0 Å². The number of hydrogen-bond acceptors (Lipinski definition) is 4. The van der Waals surface area contributed by atoms with E-state index in [2.05, 4.69) is 5.32 Å². The lowest BCUT2D eigenvalue weighted by molar-refractivity contribution is -0.121. The van der Waals surface area contributed by atoms with Crippen molar-refractivity contribution in [2.75, 3.05) is 6.61 Å². The van der Waals surface area contributed by atoms with Gasteiger partial charge in [-0.05, 0) is 30.5 Å². The van der Waals surface area contributed by atoms with Gasteiger partial charge in [-0.25, -0.2) is 9.18 Å². The zero-order valence-corrected chi connectivity index (χ0v) is 13.4. The minimum atomic E-state index is -0.816. The summed E-state index contributed by atoms with van der Waals surface area (Å²) in [5.41, 5.74) is 1.25. The maximum Gasteiger partial charge on any atom is 0.513 e. The lowest BCUT2D eigenvalue weighted by Gasteiger charge is -2.29. The summed E-state index contributed by atoms with van der Waals surface area (Å²) in [4.78, 5) is 23.7. The van der Waals surface area contributed by atoms with Crippen LogP contribution in [0.25, 0.3) is 0 Å². The van der Waals surface area contributed by atoms with Crippen LogP contribution in [0, 0.1) is 11.7 Å². The molecule has 0 saturated heterocycles. The summed E-state index contributed by atoms with van der Waals surface area (Å²) in [6.07, 6.45) is -0.694. The zero-order chi connectivity index (χ0) is 17.0. The molecule has 5 nitrogen and oxygen atoms in total. The first-order valence-electron chi connectivity index (χ1n) is 7.56. The molecular weight excluding hydrogens is 301 g/mol. The first-order valence-corrected chi connectivity index (χ1v) is 7.56. The number of hydrogen-bond donors (Lipinski definition) is 1. The maximum absolute atomic E-state index is 13.1. The van der Waals surface area contributed by atoms with Crippen molar-refractivity contribution in [1.82, 2.24) is 5.32 Å². The Hall–Kier alpha value is -2.37. The fraction of sp³-hybridized carbons (Fsp3) is 0.412. The van der Waals surface area contributed by atoms with E-state index >= 15 is 0 Å². The van der Waals surface area contributed by atoms with E-state index in [0.717, 1.165) is 0 Å². The third-order valence-electron chi connectivity index (χ3n) is 3.55. The molecule has 1 heterocycles. The molecule has 1 aliphatic heterocycles. The van der Waals surface area contributed by atoms with Crippen LogP contribution >= 0.6 is 0 Å². The molecule has 0 spiro atoms. The Kier molecular flexibility index (Phi) is 5.36. The Morgan fingerprint density at radius 3 is 2.57 bits per heavy atom. The number of amides is 1. The maximum atomic E-state index is 13.1. The molecule has 2 rings (SSSR count). The molecule has 1 amide bonds. The molecule has 0 bridgehead atoms. The number of allylic oxidation sites excluding steroid dienone is 2. The fourth-order valence-corrected chi connectivity index (χ4v) is 2.49. The van der Waals surface area contributed by atoms with Crippen LogP contribution < -0.4 is 5.32 Å². The SMILES string of the molecule is CCOC(=O)OC1=C(C(C)C)NC(=O)CC1c1ccc(F)cc1. The standard InChI is InChI=1S/C17H20FNO4/c1-4-22-17(21)23-16-13(11-5-7-12(18)8-6-11)9-14(20)19-15(16)10(2)3/h5-8,10,13H,4,9H2,1-3H3,(H,19,20). The fourth-order valence-electron chi connectivity index (χ4n) is 2.49. The van der Waals surface area contributed by atoms with E-state index in [4.69, 9.17) is 9.47 Å². The summed E-state index contributed by atoms with van der Waals surface area (Å²) in [7, 11) is 0. The van der Waals surface area contributed by atoms with Gasteiger partial charge in [0.2, 0.25) is 5.91 Å². The van der Waals surface area contributed by atoms with Gasteiger partial charge in [-0.1, -0.05) is 26.0 Å². The Labute approximate surface area is 134 Å². The molecule has 0 radical (unpaired) electrons. The van der Waals surface area contributed by atoms with Gasteiger partial charge in [0.1, 0.15) is 11.6 Å². The van der Waals surface area contributed by atoms with Gasteiger partial charge in [0.05, 0.1) is 18.2 Å². The molecule has 0 saturated carbocycles. The number of ether oxygens (including phenoxy) is 2. The van der Waals surface area contributed by atoms with Crippen molar-refractivity contribution in [3.05, 3.63) is 47.1 Å². The molecule has 124 valence electrons. The molecule has 1 aromatic rings. The zero-order valence-electron chi connectivity index (χ0n) is 13.4. The molecule has 0 aromatic heterocycles. The number of benzene rings is 1. The molecule has 1 atom stereocenters.